The summed E-state index contributed by atoms with van der Waals surface area (Å²) in [6.45, 7) is 0.0935. The molecule has 0 unspecified atom stereocenters. The number of pyridine rings is 1. The first-order valence-corrected chi connectivity index (χ1v) is 7.79. The molecular formula is C13H13ClN2O4S. The molecule has 0 aliphatic heterocycles. The lowest BCUT2D eigenvalue weighted by Crippen LogP contribution is -2.24. The Hall–Kier alpha value is -1.83. The van der Waals surface area contributed by atoms with Gasteiger partial charge in [-0.15, -0.1) is 0 Å². The van der Waals surface area contributed by atoms with E-state index in [1.54, 1.807) is 24.3 Å². The van der Waals surface area contributed by atoms with Crippen molar-refractivity contribution in [1.29, 1.82) is 0 Å². The fourth-order valence-electron chi connectivity index (χ4n) is 1.64. The van der Waals surface area contributed by atoms with Crippen LogP contribution in [0.15, 0.2) is 46.2 Å². The minimum absolute atomic E-state index is 0.0935. The molecule has 0 saturated carbocycles. The van der Waals surface area contributed by atoms with Crippen molar-refractivity contribution in [3.63, 3.8) is 0 Å². The zero-order valence-electron chi connectivity index (χ0n) is 11.1. The second-order valence-corrected chi connectivity index (χ2v) is 6.36. The molecule has 0 amide bonds. The second-order valence-electron chi connectivity index (χ2n) is 4.19. The number of aromatic nitrogens is 1. The average molecular weight is 329 g/mol. The lowest BCUT2D eigenvalue weighted by molar-refractivity contribution is 0.414. The van der Waals surface area contributed by atoms with Crippen LogP contribution in [0, 0.1) is 0 Å². The van der Waals surface area contributed by atoms with E-state index in [1.165, 1.54) is 7.11 Å². The SMILES string of the molecule is COc1cccc(CNS(=O)(=O)c2c[nH]c(=O)c(Cl)c2)c1. The Labute approximate surface area is 126 Å². The van der Waals surface area contributed by atoms with Gasteiger partial charge in [0.2, 0.25) is 10.0 Å². The van der Waals surface area contributed by atoms with Crippen LogP contribution in [0.1, 0.15) is 5.56 Å². The van der Waals surface area contributed by atoms with Gasteiger partial charge in [0.15, 0.2) is 0 Å². The molecule has 21 heavy (non-hydrogen) atoms. The van der Waals surface area contributed by atoms with Gasteiger partial charge in [-0.2, -0.15) is 0 Å². The predicted octanol–water partition coefficient (Wildman–Crippen LogP) is 1.52. The van der Waals surface area contributed by atoms with Crippen molar-refractivity contribution < 1.29 is 13.2 Å². The standard InChI is InChI=1S/C13H13ClN2O4S/c1-20-10-4-2-3-9(5-10)7-16-21(18,19)11-6-12(14)13(17)15-8-11/h2-6,8,16H,7H2,1H3,(H,15,17). The summed E-state index contributed by atoms with van der Waals surface area (Å²) in [5.74, 6) is 0.638. The van der Waals surface area contributed by atoms with Gasteiger partial charge in [0.05, 0.1) is 12.0 Å². The summed E-state index contributed by atoms with van der Waals surface area (Å²) in [6.07, 6.45) is 1.10. The average Bonchev–Trinajstić information content (AvgIpc) is 2.48. The number of H-pyrrole nitrogens is 1. The number of sulfonamides is 1. The molecule has 8 heteroatoms. The number of nitrogens with one attached hydrogen (secondary N) is 2. The summed E-state index contributed by atoms with van der Waals surface area (Å²) in [7, 11) is -2.23. The highest BCUT2D eigenvalue weighted by atomic mass is 35.5. The number of benzene rings is 1. The topological polar surface area (TPSA) is 88.3 Å². The fraction of sp³-hybridized carbons (Fsp3) is 0.154. The first-order chi connectivity index (χ1) is 9.92. The van der Waals surface area contributed by atoms with E-state index in [9.17, 15) is 13.2 Å². The van der Waals surface area contributed by atoms with Gasteiger partial charge in [0, 0.05) is 12.7 Å². The molecule has 0 radical (unpaired) electrons. The number of hydrogen-bond donors (Lipinski definition) is 2. The van der Waals surface area contributed by atoms with Gasteiger partial charge >= 0.3 is 0 Å². The molecular weight excluding hydrogens is 316 g/mol. The van der Waals surface area contributed by atoms with Gasteiger partial charge in [-0.1, -0.05) is 23.7 Å². The van der Waals surface area contributed by atoms with E-state index in [0.717, 1.165) is 17.8 Å². The maximum absolute atomic E-state index is 12.1. The third-order valence-electron chi connectivity index (χ3n) is 2.74. The Morgan fingerprint density at radius 2 is 2.10 bits per heavy atom. The van der Waals surface area contributed by atoms with Crippen LogP contribution >= 0.6 is 11.6 Å². The summed E-state index contributed by atoms with van der Waals surface area (Å²) in [5, 5.41) is -0.181. The molecule has 2 rings (SSSR count). The van der Waals surface area contributed by atoms with Crippen LogP contribution in [-0.4, -0.2) is 20.5 Å². The molecule has 0 saturated heterocycles. The molecule has 2 aromatic rings. The van der Waals surface area contributed by atoms with E-state index in [2.05, 4.69) is 9.71 Å². The van der Waals surface area contributed by atoms with E-state index in [1.807, 2.05) is 0 Å². The third kappa shape index (κ3) is 3.84. The van der Waals surface area contributed by atoms with Gasteiger partial charge < -0.3 is 9.72 Å². The van der Waals surface area contributed by atoms with Crippen LogP contribution in [0.2, 0.25) is 5.02 Å². The first kappa shape index (κ1) is 15.6. The van der Waals surface area contributed by atoms with Crippen LogP contribution in [-0.2, 0) is 16.6 Å². The highest BCUT2D eigenvalue weighted by Gasteiger charge is 2.15. The zero-order valence-corrected chi connectivity index (χ0v) is 12.7. The van der Waals surface area contributed by atoms with Crippen LogP contribution in [0.4, 0.5) is 0 Å². The van der Waals surface area contributed by atoms with Crippen LogP contribution in [0.5, 0.6) is 5.75 Å². The maximum Gasteiger partial charge on any atom is 0.266 e. The van der Waals surface area contributed by atoms with Crippen LogP contribution in [0.3, 0.4) is 0 Å². The second kappa shape index (κ2) is 6.30. The van der Waals surface area contributed by atoms with E-state index in [-0.39, 0.29) is 16.5 Å². The molecule has 0 aliphatic carbocycles. The molecule has 0 atom stereocenters. The van der Waals surface area contributed by atoms with E-state index in [4.69, 9.17) is 16.3 Å². The summed E-state index contributed by atoms with van der Waals surface area (Å²) in [4.78, 5) is 13.3. The van der Waals surface area contributed by atoms with Gasteiger partial charge in [0.25, 0.3) is 5.56 Å². The Bertz CT molecular complexity index is 802. The molecule has 112 valence electrons. The molecule has 0 aliphatic rings. The maximum atomic E-state index is 12.1. The lowest BCUT2D eigenvalue weighted by Gasteiger charge is -2.08. The van der Waals surface area contributed by atoms with Gasteiger partial charge in [-0.05, 0) is 23.8 Å². The normalized spacial score (nSPS) is 11.3. The Balaban J connectivity index is 2.17. The minimum Gasteiger partial charge on any atom is -0.497 e. The Morgan fingerprint density at radius 3 is 2.76 bits per heavy atom. The Kier molecular flexibility index (Phi) is 4.66. The number of rotatable bonds is 5. The van der Waals surface area contributed by atoms with Gasteiger partial charge in [0.1, 0.15) is 10.8 Å². The monoisotopic (exact) mass is 328 g/mol. The first-order valence-electron chi connectivity index (χ1n) is 5.93. The van der Waals surface area contributed by atoms with Crippen molar-refractivity contribution in [2.45, 2.75) is 11.4 Å². The quantitative estimate of drug-likeness (QED) is 0.871. The number of ether oxygens (including phenoxy) is 1. The minimum atomic E-state index is -3.76. The number of halogens is 1. The summed E-state index contributed by atoms with van der Waals surface area (Å²) in [5.41, 5.74) is 0.205. The molecule has 0 bridgehead atoms. The number of aromatic amines is 1. The van der Waals surface area contributed by atoms with E-state index < -0.39 is 15.6 Å². The van der Waals surface area contributed by atoms with Gasteiger partial charge in [-0.3, -0.25) is 4.79 Å². The molecule has 1 aromatic heterocycles. The van der Waals surface area contributed by atoms with Crippen molar-refractivity contribution in [3.05, 3.63) is 57.5 Å². The van der Waals surface area contributed by atoms with Crippen LogP contribution < -0.4 is 15.0 Å². The molecule has 6 nitrogen and oxygen atoms in total. The van der Waals surface area contributed by atoms with Crippen LogP contribution in [0.25, 0.3) is 0 Å². The summed E-state index contributed by atoms with van der Waals surface area (Å²) < 4.78 is 31.7. The molecule has 1 heterocycles. The largest absolute Gasteiger partial charge is 0.497 e. The smallest absolute Gasteiger partial charge is 0.266 e. The highest BCUT2D eigenvalue weighted by molar-refractivity contribution is 7.89. The molecule has 0 fully saturated rings. The van der Waals surface area contributed by atoms with Crippen molar-refractivity contribution >= 4 is 21.6 Å². The van der Waals surface area contributed by atoms with Crippen molar-refractivity contribution in [2.24, 2.45) is 0 Å². The number of methoxy groups -OCH3 is 1. The van der Waals surface area contributed by atoms with Crippen molar-refractivity contribution in [2.75, 3.05) is 7.11 Å². The van der Waals surface area contributed by atoms with E-state index in [0.29, 0.717) is 5.75 Å². The van der Waals surface area contributed by atoms with Gasteiger partial charge in [-0.25, -0.2) is 13.1 Å². The lowest BCUT2D eigenvalue weighted by atomic mass is 10.2. The third-order valence-corrected chi connectivity index (χ3v) is 4.40. The predicted molar refractivity (Wildman–Crippen MR) is 79.1 cm³/mol. The van der Waals surface area contributed by atoms with Crippen molar-refractivity contribution in [1.82, 2.24) is 9.71 Å². The highest BCUT2D eigenvalue weighted by Crippen LogP contribution is 2.14. The molecule has 1 aromatic carbocycles. The Morgan fingerprint density at radius 1 is 1.33 bits per heavy atom. The summed E-state index contributed by atoms with van der Waals surface area (Å²) in [6, 6.07) is 8.13. The fourth-order valence-corrected chi connectivity index (χ4v) is 2.88. The number of hydrogen-bond acceptors (Lipinski definition) is 4. The molecule has 2 N–H and O–H groups in total. The van der Waals surface area contributed by atoms with Crippen molar-refractivity contribution in [3.8, 4) is 5.75 Å². The zero-order chi connectivity index (χ0) is 15.5. The molecule has 0 spiro atoms. The summed E-state index contributed by atoms with van der Waals surface area (Å²) >= 11 is 5.62. The van der Waals surface area contributed by atoms with E-state index >= 15 is 0 Å².